The minimum atomic E-state index is -0.0390. The van der Waals surface area contributed by atoms with Crippen LogP contribution in [0.25, 0.3) is 0 Å². The van der Waals surface area contributed by atoms with Crippen molar-refractivity contribution in [3.63, 3.8) is 0 Å². The van der Waals surface area contributed by atoms with Crippen LogP contribution >= 0.6 is 0 Å². The zero-order valence-corrected chi connectivity index (χ0v) is 10.8. The standard InChI is InChI=1S/C13H21N3O/c1-13(2,9-14)10-16(3)12(17)8-11-4-6-15-7-5-11/h4-7H,8-10,14H2,1-3H3. The molecule has 0 fully saturated rings. The maximum absolute atomic E-state index is 12.0. The third-order valence-corrected chi connectivity index (χ3v) is 2.75. The van der Waals surface area contributed by atoms with E-state index < -0.39 is 0 Å². The lowest BCUT2D eigenvalue weighted by Gasteiger charge is -2.29. The molecule has 94 valence electrons. The third-order valence-electron chi connectivity index (χ3n) is 2.75. The van der Waals surface area contributed by atoms with Crippen LogP contribution in [0.15, 0.2) is 24.5 Å². The van der Waals surface area contributed by atoms with E-state index >= 15 is 0 Å². The Hall–Kier alpha value is -1.42. The average Bonchev–Trinajstić information content (AvgIpc) is 2.30. The molecule has 0 atom stereocenters. The molecule has 0 saturated carbocycles. The van der Waals surface area contributed by atoms with Crippen molar-refractivity contribution in [3.8, 4) is 0 Å². The first-order valence-corrected chi connectivity index (χ1v) is 5.77. The molecule has 2 N–H and O–H groups in total. The van der Waals surface area contributed by atoms with Gasteiger partial charge in [0, 0.05) is 26.0 Å². The van der Waals surface area contributed by atoms with E-state index in [9.17, 15) is 4.79 Å². The molecule has 0 aromatic carbocycles. The summed E-state index contributed by atoms with van der Waals surface area (Å²) in [6, 6.07) is 3.72. The fourth-order valence-electron chi connectivity index (χ4n) is 1.60. The predicted octanol–water partition coefficient (Wildman–Crippen LogP) is 1.07. The van der Waals surface area contributed by atoms with Crippen LogP contribution in [0.3, 0.4) is 0 Å². The molecule has 0 unspecified atom stereocenters. The summed E-state index contributed by atoms with van der Waals surface area (Å²) in [5.74, 6) is 0.109. The van der Waals surface area contributed by atoms with E-state index in [1.807, 2.05) is 19.2 Å². The molecule has 1 heterocycles. The SMILES string of the molecule is CN(CC(C)(C)CN)C(=O)Cc1ccncc1. The lowest BCUT2D eigenvalue weighted by Crippen LogP contribution is -2.40. The molecule has 0 spiro atoms. The number of likely N-dealkylation sites (N-methyl/N-ethyl adjacent to an activating group) is 1. The second-order valence-corrected chi connectivity index (χ2v) is 5.15. The summed E-state index contributed by atoms with van der Waals surface area (Å²) < 4.78 is 0. The molecule has 1 amide bonds. The van der Waals surface area contributed by atoms with E-state index in [0.717, 1.165) is 5.56 Å². The van der Waals surface area contributed by atoms with Gasteiger partial charge in [0.25, 0.3) is 0 Å². The van der Waals surface area contributed by atoms with Gasteiger partial charge in [0.15, 0.2) is 0 Å². The van der Waals surface area contributed by atoms with Gasteiger partial charge in [0.05, 0.1) is 6.42 Å². The highest BCUT2D eigenvalue weighted by Crippen LogP contribution is 2.14. The van der Waals surface area contributed by atoms with Gasteiger partial charge in [-0.2, -0.15) is 0 Å². The van der Waals surface area contributed by atoms with E-state index in [1.165, 1.54) is 0 Å². The summed E-state index contributed by atoms with van der Waals surface area (Å²) in [6.07, 6.45) is 3.82. The Bertz CT molecular complexity index is 362. The van der Waals surface area contributed by atoms with E-state index in [-0.39, 0.29) is 11.3 Å². The molecular formula is C13H21N3O. The summed E-state index contributed by atoms with van der Waals surface area (Å²) in [6.45, 7) is 5.36. The highest BCUT2D eigenvalue weighted by Gasteiger charge is 2.20. The van der Waals surface area contributed by atoms with Crippen LogP contribution < -0.4 is 5.73 Å². The first-order chi connectivity index (χ1) is 7.94. The zero-order chi connectivity index (χ0) is 12.9. The number of rotatable bonds is 5. The lowest BCUT2D eigenvalue weighted by molar-refractivity contribution is -0.130. The van der Waals surface area contributed by atoms with Gasteiger partial charge in [0.1, 0.15) is 0 Å². The van der Waals surface area contributed by atoms with E-state index in [2.05, 4.69) is 18.8 Å². The number of carbonyl (C=O) groups excluding carboxylic acids is 1. The van der Waals surface area contributed by atoms with Crippen molar-refractivity contribution in [1.29, 1.82) is 0 Å². The first-order valence-electron chi connectivity index (χ1n) is 5.77. The molecule has 1 rings (SSSR count). The van der Waals surface area contributed by atoms with Gasteiger partial charge in [-0.05, 0) is 29.7 Å². The van der Waals surface area contributed by atoms with Crippen LogP contribution in [0.2, 0.25) is 0 Å². The van der Waals surface area contributed by atoms with E-state index in [1.54, 1.807) is 17.3 Å². The van der Waals surface area contributed by atoms with Crippen molar-refractivity contribution in [1.82, 2.24) is 9.88 Å². The monoisotopic (exact) mass is 235 g/mol. The Morgan fingerprint density at radius 3 is 2.53 bits per heavy atom. The van der Waals surface area contributed by atoms with Crippen LogP contribution in [0.5, 0.6) is 0 Å². The predicted molar refractivity (Wildman–Crippen MR) is 68.4 cm³/mol. The van der Waals surface area contributed by atoms with Crippen molar-refractivity contribution in [2.75, 3.05) is 20.1 Å². The molecular weight excluding hydrogens is 214 g/mol. The second kappa shape index (κ2) is 5.77. The maximum Gasteiger partial charge on any atom is 0.226 e. The van der Waals surface area contributed by atoms with Crippen molar-refractivity contribution in [3.05, 3.63) is 30.1 Å². The molecule has 0 aliphatic carbocycles. The molecule has 4 heteroatoms. The van der Waals surface area contributed by atoms with Gasteiger partial charge in [-0.25, -0.2) is 0 Å². The Morgan fingerprint density at radius 2 is 2.00 bits per heavy atom. The fraction of sp³-hybridized carbons (Fsp3) is 0.538. The number of nitrogens with two attached hydrogens (primary N) is 1. The number of hydrogen-bond donors (Lipinski definition) is 1. The van der Waals surface area contributed by atoms with Crippen LogP contribution in [0, 0.1) is 5.41 Å². The number of nitrogens with zero attached hydrogens (tertiary/aromatic N) is 2. The van der Waals surface area contributed by atoms with Crippen LogP contribution in [-0.4, -0.2) is 35.9 Å². The quantitative estimate of drug-likeness (QED) is 0.830. The minimum Gasteiger partial charge on any atom is -0.345 e. The Kier molecular flexibility index (Phi) is 4.63. The number of pyridine rings is 1. The molecule has 17 heavy (non-hydrogen) atoms. The van der Waals surface area contributed by atoms with Gasteiger partial charge >= 0.3 is 0 Å². The molecule has 1 aromatic rings. The second-order valence-electron chi connectivity index (χ2n) is 5.15. The van der Waals surface area contributed by atoms with Gasteiger partial charge in [-0.1, -0.05) is 13.8 Å². The summed E-state index contributed by atoms with van der Waals surface area (Å²) in [7, 11) is 1.82. The summed E-state index contributed by atoms with van der Waals surface area (Å²) in [4.78, 5) is 17.6. The number of hydrogen-bond acceptors (Lipinski definition) is 3. The fourth-order valence-corrected chi connectivity index (χ4v) is 1.60. The number of carbonyl (C=O) groups is 1. The van der Waals surface area contributed by atoms with E-state index in [4.69, 9.17) is 5.73 Å². The van der Waals surface area contributed by atoms with Gasteiger partial charge < -0.3 is 10.6 Å². The number of aromatic nitrogens is 1. The van der Waals surface area contributed by atoms with Crippen molar-refractivity contribution in [2.24, 2.45) is 11.1 Å². The van der Waals surface area contributed by atoms with Gasteiger partial charge in [-0.15, -0.1) is 0 Å². The topological polar surface area (TPSA) is 59.2 Å². The zero-order valence-electron chi connectivity index (χ0n) is 10.8. The summed E-state index contributed by atoms with van der Waals surface area (Å²) in [5.41, 5.74) is 6.61. The molecule has 0 radical (unpaired) electrons. The molecule has 4 nitrogen and oxygen atoms in total. The molecule has 0 aliphatic heterocycles. The summed E-state index contributed by atoms with van der Waals surface area (Å²) >= 11 is 0. The van der Waals surface area contributed by atoms with Crippen molar-refractivity contribution >= 4 is 5.91 Å². The minimum absolute atomic E-state index is 0.0390. The normalized spacial score (nSPS) is 11.3. The van der Waals surface area contributed by atoms with Crippen LogP contribution in [-0.2, 0) is 11.2 Å². The average molecular weight is 235 g/mol. The highest BCUT2D eigenvalue weighted by atomic mass is 16.2. The molecule has 0 saturated heterocycles. The van der Waals surface area contributed by atoms with Crippen LogP contribution in [0.4, 0.5) is 0 Å². The maximum atomic E-state index is 12.0. The Labute approximate surface area is 103 Å². The molecule has 0 bridgehead atoms. The molecule has 1 aromatic heterocycles. The largest absolute Gasteiger partial charge is 0.345 e. The Morgan fingerprint density at radius 1 is 1.41 bits per heavy atom. The van der Waals surface area contributed by atoms with Gasteiger partial charge in [-0.3, -0.25) is 9.78 Å². The van der Waals surface area contributed by atoms with Crippen molar-refractivity contribution in [2.45, 2.75) is 20.3 Å². The first kappa shape index (κ1) is 13.6. The van der Waals surface area contributed by atoms with Crippen LogP contribution in [0.1, 0.15) is 19.4 Å². The smallest absolute Gasteiger partial charge is 0.226 e. The van der Waals surface area contributed by atoms with Crippen molar-refractivity contribution < 1.29 is 4.79 Å². The Balaban J connectivity index is 2.54. The third kappa shape index (κ3) is 4.53. The summed E-state index contributed by atoms with van der Waals surface area (Å²) in [5, 5.41) is 0. The highest BCUT2D eigenvalue weighted by molar-refractivity contribution is 5.78. The number of amides is 1. The van der Waals surface area contributed by atoms with Gasteiger partial charge in [0.2, 0.25) is 5.91 Å². The molecule has 0 aliphatic rings. The lowest BCUT2D eigenvalue weighted by atomic mass is 9.93. The van der Waals surface area contributed by atoms with E-state index in [0.29, 0.717) is 19.5 Å².